The quantitative estimate of drug-likeness (QED) is 0.215. The second-order valence-electron chi connectivity index (χ2n) is 7.88. The van der Waals surface area contributed by atoms with Crippen molar-refractivity contribution in [2.75, 3.05) is 64.5 Å². The first-order valence-corrected chi connectivity index (χ1v) is 13.0. The Hall–Kier alpha value is -1.43. The molecular weight excluding hydrogens is 539 g/mol. The Morgan fingerprint density at radius 3 is 2.50 bits per heavy atom. The molecule has 0 saturated carbocycles. The zero-order valence-corrected chi connectivity index (χ0v) is 22.1. The van der Waals surface area contributed by atoms with Gasteiger partial charge < -0.3 is 15.0 Å². The largest absolute Gasteiger partial charge is 0.378 e. The molecule has 2 aromatic rings. The van der Waals surface area contributed by atoms with E-state index in [1.165, 1.54) is 22.6 Å². The van der Waals surface area contributed by atoms with Gasteiger partial charge in [-0.1, -0.05) is 42.5 Å². The van der Waals surface area contributed by atoms with Crippen LogP contribution in [0, 0.1) is 0 Å². The van der Waals surface area contributed by atoms with Crippen molar-refractivity contribution in [1.82, 2.24) is 15.1 Å². The van der Waals surface area contributed by atoms with E-state index in [0.717, 1.165) is 45.2 Å². The first-order valence-electron chi connectivity index (χ1n) is 10.9. The SMILES string of the molecule is CCNC(=NCCOCCS(C)(=O)=O)N1CCN(Cc2cccc3ccccc23)CC1.I. The molecule has 9 heteroatoms. The maximum atomic E-state index is 11.1. The summed E-state index contributed by atoms with van der Waals surface area (Å²) >= 11 is 0. The highest BCUT2D eigenvalue weighted by atomic mass is 127. The van der Waals surface area contributed by atoms with E-state index in [9.17, 15) is 8.42 Å². The Morgan fingerprint density at radius 1 is 1.06 bits per heavy atom. The molecule has 0 unspecified atom stereocenters. The smallest absolute Gasteiger partial charge is 0.194 e. The van der Waals surface area contributed by atoms with Crippen LogP contribution in [0.15, 0.2) is 47.5 Å². The summed E-state index contributed by atoms with van der Waals surface area (Å²) in [7, 11) is -2.98. The number of piperazine rings is 1. The van der Waals surface area contributed by atoms with E-state index >= 15 is 0 Å². The first kappa shape index (κ1) is 26.8. The molecule has 0 aromatic heterocycles. The summed E-state index contributed by atoms with van der Waals surface area (Å²) in [6.07, 6.45) is 1.22. The summed E-state index contributed by atoms with van der Waals surface area (Å²) in [6.45, 7) is 8.80. The normalized spacial score (nSPS) is 15.6. The van der Waals surface area contributed by atoms with Crippen LogP contribution in [0.25, 0.3) is 10.8 Å². The van der Waals surface area contributed by atoms with E-state index in [1.54, 1.807) is 0 Å². The molecule has 32 heavy (non-hydrogen) atoms. The summed E-state index contributed by atoms with van der Waals surface area (Å²) in [4.78, 5) is 9.45. The number of fused-ring (bicyclic) bond motifs is 1. The van der Waals surface area contributed by atoms with E-state index in [1.807, 2.05) is 0 Å². The standard InChI is InChI=1S/C23H34N4O3S.HI/c1-3-24-23(25-11-16-30-17-18-31(2,28)29)27-14-12-26(13-15-27)19-21-9-6-8-20-7-4-5-10-22(20)21;/h4-10H,3,11-19H2,1-2H3,(H,24,25);1H. The lowest BCUT2D eigenvalue weighted by atomic mass is 10.0. The van der Waals surface area contributed by atoms with Crippen LogP contribution in [0.4, 0.5) is 0 Å². The molecular formula is C23H35IN4O3S. The van der Waals surface area contributed by atoms with Crippen LogP contribution in [-0.4, -0.2) is 88.7 Å². The highest BCUT2D eigenvalue weighted by Crippen LogP contribution is 2.20. The number of guanidine groups is 1. The van der Waals surface area contributed by atoms with Crippen molar-refractivity contribution >= 4 is 50.5 Å². The van der Waals surface area contributed by atoms with Crippen molar-refractivity contribution in [1.29, 1.82) is 0 Å². The fraction of sp³-hybridized carbons (Fsp3) is 0.522. The Kier molecular flexibility index (Phi) is 11.2. The number of nitrogens with zero attached hydrogens (tertiary/aromatic N) is 3. The van der Waals surface area contributed by atoms with E-state index in [2.05, 4.69) is 69.5 Å². The van der Waals surface area contributed by atoms with Gasteiger partial charge in [0.15, 0.2) is 5.96 Å². The van der Waals surface area contributed by atoms with Gasteiger partial charge in [0.2, 0.25) is 0 Å². The van der Waals surface area contributed by atoms with Gasteiger partial charge >= 0.3 is 0 Å². The average molecular weight is 575 g/mol. The molecule has 0 aliphatic carbocycles. The lowest BCUT2D eigenvalue weighted by molar-refractivity contribution is 0.155. The minimum atomic E-state index is -2.98. The number of hydrogen-bond acceptors (Lipinski definition) is 5. The van der Waals surface area contributed by atoms with Crippen LogP contribution < -0.4 is 5.32 Å². The number of sulfone groups is 1. The highest BCUT2D eigenvalue weighted by Gasteiger charge is 2.20. The summed E-state index contributed by atoms with van der Waals surface area (Å²) in [6, 6.07) is 15.1. The fourth-order valence-electron chi connectivity index (χ4n) is 3.74. The maximum absolute atomic E-state index is 11.1. The third-order valence-corrected chi connectivity index (χ3v) is 6.28. The van der Waals surface area contributed by atoms with Crippen LogP contribution in [0.1, 0.15) is 12.5 Å². The fourth-order valence-corrected chi connectivity index (χ4v) is 4.16. The Morgan fingerprint density at radius 2 is 1.78 bits per heavy atom. The lowest BCUT2D eigenvalue weighted by Gasteiger charge is -2.36. The van der Waals surface area contributed by atoms with E-state index < -0.39 is 9.84 Å². The number of ether oxygens (including phenoxy) is 1. The van der Waals surface area contributed by atoms with Crippen LogP contribution >= 0.6 is 24.0 Å². The zero-order valence-electron chi connectivity index (χ0n) is 19.0. The van der Waals surface area contributed by atoms with E-state index in [4.69, 9.17) is 4.74 Å². The third kappa shape index (κ3) is 8.49. The van der Waals surface area contributed by atoms with Crippen LogP contribution in [0.2, 0.25) is 0 Å². The number of halogens is 1. The third-order valence-electron chi connectivity index (χ3n) is 5.38. The molecule has 1 heterocycles. The second-order valence-corrected chi connectivity index (χ2v) is 10.1. The molecule has 1 saturated heterocycles. The van der Waals surface area contributed by atoms with Gasteiger partial charge in [0.05, 0.1) is 25.5 Å². The molecule has 0 radical (unpaired) electrons. The topological polar surface area (TPSA) is 74.2 Å². The van der Waals surface area contributed by atoms with Crippen molar-refractivity contribution in [3.63, 3.8) is 0 Å². The van der Waals surface area contributed by atoms with Gasteiger partial charge in [-0.25, -0.2) is 8.42 Å². The summed E-state index contributed by atoms with van der Waals surface area (Å²) in [5.41, 5.74) is 1.37. The predicted octanol–water partition coefficient (Wildman–Crippen LogP) is 2.60. The molecule has 0 bridgehead atoms. The molecule has 1 fully saturated rings. The van der Waals surface area contributed by atoms with Crippen molar-refractivity contribution in [2.45, 2.75) is 13.5 Å². The number of aliphatic imine (C=N–C) groups is 1. The predicted molar refractivity (Wildman–Crippen MR) is 143 cm³/mol. The second kappa shape index (κ2) is 13.3. The van der Waals surface area contributed by atoms with Crippen molar-refractivity contribution in [3.8, 4) is 0 Å². The number of hydrogen-bond donors (Lipinski definition) is 1. The minimum absolute atomic E-state index is 0. The minimum Gasteiger partial charge on any atom is -0.378 e. The number of rotatable bonds is 9. The molecule has 0 spiro atoms. The summed E-state index contributed by atoms with van der Waals surface area (Å²) in [5, 5.41) is 5.98. The van der Waals surface area contributed by atoms with Crippen LogP contribution in [0.3, 0.4) is 0 Å². The number of nitrogens with one attached hydrogen (secondary N) is 1. The monoisotopic (exact) mass is 574 g/mol. The molecule has 1 aliphatic rings. The summed E-state index contributed by atoms with van der Waals surface area (Å²) < 4.78 is 27.7. The first-order chi connectivity index (χ1) is 15.0. The van der Waals surface area contributed by atoms with E-state index in [-0.39, 0.29) is 36.3 Å². The molecule has 7 nitrogen and oxygen atoms in total. The van der Waals surface area contributed by atoms with Crippen LogP contribution in [-0.2, 0) is 21.1 Å². The van der Waals surface area contributed by atoms with Crippen molar-refractivity contribution < 1.29 is 13.2 Å². The lowest BCUT2D eigenvalue weighted by Crippen LogP contribution is -2.52. The Balaban J connectivity index is 0.00000363. The van der Waals surface area contributed by atoms with Gasteiger partial charge in [-0.2, -0.15) is 0 Å². The molecule has 0 amide bonds. The van der Waals surface area contributed by atoms with Crippen molar-refractivity contribution in [3.05, 3.63) is 48.0 Å². The Labute approximate surface area is 209 Å². The van der Waals surface area contributed by atoms with E-state index in [0.29, 0.717) is 13.2 Å². The van der Waals surface area contributed by atoms with Gasteiger partial charge in [-0.05, 0) is 23.3 Å². The molecule has 1 aliphatic heterocycles. The average Bonchev–Trinajstić information content (AvgIpc) is 2.75. The van der Waals surface area contributed by atoms with Gasteiger partial charge in [-0.3, -0.25) is 9.89 Å². The molecule has 2 aromatic carbocycles. The maximum Gasteiger partial charge on any atom is 0.194 e. The molecule has 3 rings (SSSR count). The van der Waals surface area contributed by atoms with Gasteiger partial charge in [0.1, 0.15) is 9.84 Å². The van der Waals surface area contributed by atoms with Crippen molar-refractivity contribution in [2.24, 2.45) is 4.99 Å². The van der Waals surface area contributed by atoms with Gasteiger partial charge in [-0.15, -0.1) is 24.0 Å². The van der Waals surface area contributed by atoms with Gasteiger partial charge in [0, 0.05) is 45.5 Å². The van der Waals surface area contributed by atoms with Gasteiger partial charge in [0.25, 0.3) is 0 Å². The molecule has 0 atom stereocenters. The molecule has 1 N–H and O–H groups in total. The molecule has 178 valence electrons. The zero-order chi connectivity index (χ0) is 22.1. The Bertz CT molecular complexity index is 971. The van der Waals surface area contributed by atoms with Crippen LogP contribution in [0.5, 0.6) is 0 Å². The number of benzene rings is 2. The summed E-state index contributed by atoms with van der Waals surface area (Å²) in [5.74, 6) is 0.953. The highest BCUT2D eigenvalue weighted by molar-refractivity contribution is 14.0.